The van der Waals surface area contributed by atoms with E-state index in [1.807, 2.05) is 0 Å². The number of hydrogen-bond acceptors (Lipinski definition) is 4. The molecule has 0 spiro atoms. The normalized spacial score (nSPS) is 16.0. The maximum atomic E-state index is 13.2. The highest BCUT2D eigenvalue weighted by Gasteiger charge is 2.32. The Balaban J connectivity index is 1.79. The summed E-state index contributed by atoms with van der Waals surface area (Å²) in [6.45, 7) is 3.69. The number of carbonyl (C=O) groups excluding carboxylic acids is 1. The molecule has 0 saturated heterocycles. The fourth-order valence-corrected chi connectivity index (χ4v) is 3.66. The second-order valence-electron chi connectivity index (χ2n) is 6.83. The lowest BCUT2D eigenvalue weighted by molar-refractivity contribution is -0.124. The molecule has 0 saturated carbocycles. The molecule has 2 aromatic rings. The van der Waals surface area contributed by atoms with Crippen LogP contribution in [0.25, 0.3) is 0 Å². The minimum absolute atomic E-state index is 0.171. The molecule has 8 heteroatoms. The van der Waals surface area contributed by atoms with Crippen molar-refractivity contribution in [1.82, 2.24) is 0 Å². The van der Waals surface area contributed by atoms with Gasteiger partial charge in [-0.3, -0.25) is 9.52 Å². The van der Waals surface area contributed by atoms with Crippen molar-refractivity contribution in [2.45, 2.75) is 19.6 Å². The van der Waals surface area contributed by atoms with Crippen LogP contribution in [0.4, 0.5) is 15.8 Å². The van der Waals surface area contributed by atoms with E-state index in [-0.39, 0.29) is 18.3 Å². The summed E-state index contributed by atoms with van der Waals surface area (Å²) in [5, 5.41) is 2.77. The van der Waals surface area contributed by atoms with Gasteiger partial charge in [0.25, 0.3) is 0 Å². The van der Waals surface area contributed by atoms with Crippen LogP contribution >= 0.6 is 0 Å². The Bertz CT molecular complexity index is 957. The van der Waals surface area contributed by atoms with Gasteiger partial charge in [-0.2, -0.15) is 0 Å². The molecule has 0 atom stereocenters. The van der Waals surface area contributed by atoms with Crippen molar-refractivity contribution < 1.29 is 22.3 Å². The van der Waals surface area contributed by atoms with Crippen LogP contribution in [0.3, 0.4) is 0 Å². The first-order chi connectivity index (χ1) is 12.1. The van der Waals surface area contributed by atoms with Crippen LogP contribution in [0, 0.1) is 11.2 Å². The summed E-state index contributed by atoms with van der Waals surface area (Å²) in [6, 6.07) is 10.1. The van der Waals surface area contributed by atoms with Gasteiger partial charge in [-0.15, -0.1) is 0 Å². The predicted octanol–water partition coefficient (Wildman–Crippen LogP) is 3.12. The fraction of sp³-hybridized carbons (Fsp3) is 0.278. The highest BCUT2D eigenvalue weighted by Crippen LogP contribution is 2.34. The molecule has 0 radical (unpaired) electrons. The Morgan fingerprint density at radius 1 is 1.23 bits per heavy atom. The molecule has 0 aromatic heterocycles. The van der Waals surface area contributed by atoms with Crippen molar-refractivity contribution in [3.63, 3.8) is 0 Å². The lowest BCUT2D eigenvalue weighted by Gasteiger charge is -2.18. The number of nitrogens with one attached hydrogen (secondary N) is 2. The van der Waals surface area contributed by atoms with Crippen molar-refractivity contribution in [2.24, 2.45) is 5.41 Å². The van der Waals surface area contributed by atoms with Crippen molar-refractivity contribution in [1.29, 1.82) is 0 Å². The average Bonchev–Trinajstić information content (AvgIpc) is 2.64. The van der Waals surface area contributed by atoms with E-state index < -0.39 is 21.3 Å². The summed E-state index contributed by atoms with van der Waals surface area (Å²) in [5.41, 5.74) is 0.427. The number of anilines is 2. The van der Waals surface area contributed by atoms with Gasteiger partial charge in [0.05, 0.1) is 22.5 Å². The first kappa shape index (κ1) is 18.2. The number of halogens is 1. The Morgan fingerprint density at radius 2 is 2.00 bits per heavy atom. The topological polar surface area (TPSA) is 84.5 Å². The summed E-state index contributed by atoms with van der Waals surface area (Å²) < 4.78 is 46.0. The van der Waals surface area contributed by atoms with Crippen molar-refractivity contribution in [3.8, 4) is 5.75 Å². The summed E-state index contributed by atoms with van der Waals surface area (Å²) in [7, 11) is -3.73. The van der Waals surface area contributed by atoms with Crippen molar-refractivity contribution in [3.05, 3.63) is 53.8 Å². The van der Waals surface area contributed by atoms with Crippen LogP contribution < -0.4 is 14.8 Å². The zero-order valence-electron chi connectivity index (χ0n) is 14.4. The predicted molar refractivity (Wildman–Crippen MR) is 97.0 cm³/mol. The number of rotatable bonds is 4. The molecular formula is C18H19FN2O4S. The van der Waals surface area contributed by atoms with Gasteiger partial charge in [0.2, 0.25) is 15.9 Å². The molecule has 3 rings (SSSR count). The number of benzene rings is 2. The van der Waals surface area contributed by atoms with E-state index in [9.17, 15) is 17.6 Å². The third-order valence-electron chi connectivity index (χ3n) is 3.95. The molecule has 6 nitrogen and oxygen atoms in total. The lowest BCUT2D eigenvalue weighted by atomic mass is 9.94. The first-order valence-electron chi connectivity index (χ1n) is 7.98. The molecule has 26 heavy (non-hydrogen) atoms. The van der Waals surface area contributed by atoms with E-state index in [2.05, 4.69) is 10.0 Å². The van der Waals surface area contributed by atoms with E-state index in [4.69, 9.17) is 4.74 Å². The Labute approximate surface area is 151 Å². The maximum Gasteiger partial charge on any atom is 0.236 e. The van der Waals surface area contributed by atoms with Gasteiger partial charge in [-0.25, -0.2) is 12.8 Å². The number of sulfonamides is 1. The van der Waals surface area contributed by atoms with Gasteiger partial charge in [0.15, 0.2) is 0 Å². The molecule has 1 heterocycles. The molecule has 2 N–H and O–H groups in total. The third kappa shape index (κ3) is 4.13. The van der Waals surface area contributed by atoms with Crippen LogP contribution in [-0.4, -0.2) is 20.9 Å². The molecule has 2 aromatic carbocycles. The number of hydrogen-bond donors (Lipinski definition) is 2. The van der Waals surface area contributed by atoms with Gasteiger partial charge in [-0.1, -0.05) is 12.1 Å². The fourth-order valence-electron chi connectivity index (χ4n) is 2.49. The molecule has 0 aliphatic carbocycles. The standard InChI is InChI=1S/C18H19FN2O4S/c1-18(2)11-25-16-9-14(6-7-15(16)20-17(18)22)21-26(23,24)10-12-4-3-5-13(19)8-12/h3-9,21H,10-11H2,1-2H3,(H,20,22). The smallest absolute Gasteiger partial charge is 0.236 e. The number of ether oxygens (including phenoxy) is 1. The van der Waals surface area contributed by atoms with Crippen LogP contribution in [-0.2, 0) is 20.6 Å². The van der Waals surface area contributed by atoms with E-state index in [0.29, 0.717) is 22.7 Å². The monoisotopic (exact) mass is 378 g/mol. The summed E-state index contributed by atoms with van der Waals surface area (Å²) in [5.74, 6) is -0.632. The van der Waals surface area contributed by atoms with E-state index in [1.54, 1.807) is 26.0 Å². The van der Waals surface area contributed by atoms with Crippen LogP contribution in [0.15, 0.2) is 42.5 Å². The van der Waals surface area contributed by atoms with E-state index in [0.717, 1.165) is 0 Å². The second kappa shape index (κ2) is 6.60. The van der Waals surface area contributed by atoms with Gasteiger partial charge >= 0.3 is 0 Å². The molecular weight excluding hydrogens is 359 g/mol. The Morgan fingerprint density at radius 3 is 2.73 bits per heavy atom. The van der Waals surface area contributed by atoms with Crippen LogP contribution in [0.2, 0.25) is 0 Å². The van der Waals surface area contributed by atoms with Crippen LogP contribution in [0.1, 0.15) is 19.4 Å². The summed E-state index contributed by atoms with van der Waals surface area (Å²) in [6.07, 6.45) is 0. The minimum Gasteiger partial charge on any atom is -0.490 e. The summed E-state index contributed by atoms with van der Waals surface area (Å²) in [4.78, 5) is 12.1. The van der Waals surface area contributed by atoms with E-state index in [1.165, 1.54) is 30.3 Å². The number of carbonyl (C=O) groups is 1. The summed E-state index contributed by atoms with van der Waals surface area (Å²) >= 11 is 0. The molecule has 0 bridgehead atoms. The lowest BCUT2D eigenvalue weighted by Crippen LogP contribution is -2.33. The molecule has 0 fully saturated rings. The Kier molecular flexibility index (Phi) is 4.62. The molecule has 1 amide bonds. The SMILES string of the molecule is CC1(C)COc2cc(NS(=O)(=O)Cc3cccc(F)c3)ccc2NC1=O. The van der Waals surface area contributed by atoms with Crippen molar-refractivity contribution in [2.75, 3.05) is 16.6 Å². The highest BCUT2D eigenvalue weighted by atomic mass is 32.2. The molecule has 1 aliphatic heterocycles. The molecule has 138 valence electrons. The maximum absolute atomic E-state index is 13.2. The zero-order chi connectivity index (χ0) is 18.9. The van der Waals surface area contributed by atoms with Gasteiger partial charge in [0, 0.05) is 6.07 Å². The zero-order valence-corrected chi connectivity index (χ0v) is 15.2. The van der Waals surface area contributed by atoms with Crippen LogP contribution in [0.5, 0.6) is 5.75 Å². The van der Waals surface area contributed by atoms with Gasteiger partial charge in [0.1, 0.15) is 18.2 Å². The minimum atomic E-state index is -3.73. The Hall–Kier alpha value is -2.61. The van der Waals surface area contributed by atoms with Gasteiger partial charge < -0.3 is 10.1 Å². The third-order valence-corrected chi connectivity index (χ3v) is 5.21. The highest BCUT2D eigenvalue weighted by molar-refractivity contribution is 7.91. The number of fused-ring (bicyclic) bond motifs is 1. The van der Waals surface area contributed by atoms with Gasteiger partial charge in [-0.05, 0) is 43.7 Å². The quantitative estimate of drug-likeness (QED) is 0.856. The molecule has 0 unspecified atom stereocenters. The van der Waals surface area contributed by atoms with Crippen molar-refractivity contribution >= 4 is 27.3 Å². The largest absolute Gasteiger partial charge is 0.490 e. The number of amides is 1. The second-order valence-corrected chi connectivity index (χ2v) is 8.55. The van der Waals surface area contributed by atoms with E-state index >= 15 is 0 Å². The average molecular weight is 378 g/mol. The molecule has 1 aliphatic rings. The first-order valence-corrected chi connectivity index (χ1v) is 9.63.